The molecular formula is C16H20ClN3O3S. The molecule has 2 unspecified atom stereocenters. The molecule has 24 heavy (non-hydrogen) atoms. The third-order valence-corrected chi connectivity index (χ3v) is 5.16. The Balaban J connectivity index is 0.00000208. The molecule has 1 aromatic heterocycles. The van der Waals surface area contributed by atoms with E-state index in [0.29, 0.717) is 18.7 Å². The fourth-order valence-corrected chi connectivity index (χ4v) is 3.78. The van der Waals surface area contributed by atoms with Crippen LogP contribution in [0.3, 0.4) is 0 Å². The van der Waals surface area contributed by atoms with Crippen molar-refractivity contribution >= 4 is 29.4 Å². The highest BCUT2D eigenvalue weighted by atomic mass is 35.5. The molecule has 130 valence electrons. The molecule has 0 amide bonds. The normalized spacial score (nSPS) is 19.9. The second-order valence-corrected chi connectivity index (χ2v) is 6.83. The Bertz CT molecular complexity index is 695. The van der Waals surface area contributed by atoms with Gasteiger partial charge in [-0.3, -0.25) is 10.1 Å². The molecule has 1 aromatic carbocycles. The Morgan fingerprint density at radius 3 is 2.79 bits per heavy atom. The van der Waals surface area contributed by atoms with Crippen LogP contribution in [0.4, 0.5) is 5.69 Å². The molecule has 0 saturated carbocycles. The van der Waals surface area contributed by atoms with E-state index >= 15 is 0 Å². The molecule has 1 saturated heterocycles. The van der Waals surface area contributed by atoms with Gasteiger partial charge in [-0.05, 0) is 18.2 Å². The molecule has 6 nitrogen and oxygen atoms in total. The quantitative estimate of drug-likeness (QED) is 0.537. The third-order valence-electron chi connectivity index (χ3n) is 4.04. The summed E-state index contributed by atoms with van der Waals surface area (Å²) in [5, 5.41) is 27.4. The summed E-state index contributed by atoms with van der Waals surface area (Å²) in [4.78, 5) is 12.8. The average Bonchev–Trinajstić information content (AvgIpc) is 3.17. The Labute approximate surface area is 150 Å². The highest BCUT2D eigenvalue weighted by Crippen LogP contribution is 2.34. The van der Waals surface area contributed by atoms with E-state index < -0.39 is 0 Å². The molecule has 0 aliphatic carbocycles. The summed E-state index contributed by atoms with van der Waals surface area (Å²) in [5.41, 5.74) is 0.790. The van der Waals surface area contributed by atoms with Crippen LogP contribution in [0, 0.1) is 16.0 Å². The van der Waals surface area contributed by atoms with Crippen LogP contribution in [0.1, 0.15) is 4.88 Å². The first-order valence-electron chi connectivity index (χ1n) is 7.57. The van der Waals surface area contributed by atoms with E-state index in [1.807, 2.05) is 18.2 Å². The zero-order chi connectivity index (χ0) is 16.2. The van der Waals surface area contributed by atoms with Crippen LogP contribution in [0.2, 0.25) is 0 Å². The van der Waals surface area contributed by atoms with E-state index in [1.165, 1.54) is 6.07 Å². The molecule has 0 spiro atoms. The number of halogens is 1. The molecule has 0 bridgehead atoms. The van der Waals surface area contributed by atoms with Gasteiger partial charge in [-0.1, -0.05) is 12.1 Å². The maximum atomic E-state index is 11.1. The second kappa shape index (κ2) is 8.55. The van der Waals surface area contributed by atoms with Gasteiger partial charge in [0.2, 0.25) is 0 Å². The lowest BCUT2D eigenvalue weighted by atomic mass is 10.1. The summed E-state index contributed by atoms with van der Waals surface area (Å²) in [6.45, 7) is 2.95. The van der Waals surface area contributed by atoms with Crippen molar-refractivity contribution in [1.29, 1.82) is 0 Å². The molecule has 1 aliphatic heterocycles. The van der Waals surface area contributed by atoms with Crippen molar-refractivity contribution in [3.63, 3.8) is 0 Å². The number of hydrogen-bond donors (Lipinski definition) is 3. The molecule has 3 rings (SSSR count). The standard InChI is InChI=1S/C16H19N3O3S.ClH/c20-15-10-18-8-11(15)7-17-9-12-5-6-16(23-12)13-3-1-2-4-14(13)19(21)22;/h1-6,11,15,17-18,20H,7-10H2;1H. The number of thiophene rings is 1. The van der Waals surface area contributed by atoms with Crippen LogP contribution in [-0.2, 0) is 6.54 Å². The largest absolute Gasteiger partial charge is 0.391 e. The number of nitro groups is 1. The van der Waals surface area contributed by atoms with Gasteiger partial charge in [0.1, 0.15) is 0 Å². The number of rotatable bonds is 6. The summed E-state index contributed by atoms with van der Waals surface area (Å²) >= 11 is 1.56. The van der Waals surface area contributed by atoms with Crippen molar-refractivity contribution in [3.8, 4) is 10.4 Å². The number of nitrogens with one attached hydrogen (secondary N) is 2. The fourth-order valence-electron chi connectivity index (χ4n) is 2.77. The highest BCUT2D eigenvalue weighted by molar-refractivity contribution is 7.15. The minimum absolute atomic E-state index is 0. The summed E-state index contributed by atoms with van der Waals surface area (Å²) < 4.78 is 0. The first-order valence-corrected chi connectivity index (χ1v) is 8.39. The molecule has 1 aliphatic rings. The number of aliphatic hydroxyl groups excluding tert-OH is 1. The summed E-state index contributed by atoms with van der Waals surface area (Å²) in [6, 6.07) is 10.7. The fraction of sp³-hybridized carbons (Fsp3) is 0.375. The molecular weight excluding hydrogens is 350 g/mol. The maximum Gasteiger partial charge on any atom is 0.278 e. The lowest BCUT2D eigenvalue weighted by molar-refractivity contribution is -0.384. The topological polar surface area (TPSA) is 87.4 Å². The van der Waals surface area contributed by atoms with Crippen LogP contribution < -0.4 is 10.6 Å². The van der Waals surface area contributed by atoms with Gasteiger partial charge in [0.25, 0.3) is 5.69 Å². The number of hydrogen-bond acceptors (Lipinski definition) is 6. The summed E-state index contributed by atoms with van der Waals surface area (Å²) in [6.07, 6.45) is -0.284. The molecule has 2 atom stereocenters. The summed E-state index contributed by atoms with van der Waals surface area (Å²) in [7, 11) is 0. The van der Waals surface area contributed by atoms with E-state index in [-0.39, 0.29) is 35.0 Å². The number of β-amino-alcohol motifs (C(OH)–C–C–N with tert-alkyl or cyclic N) is 1. The van der Waals surface area contributed by atoms with Gasteiger partial charge >= 0.3 is 0 Å². The molecule has 3 N–H and O–H groups in total. The summed E-state index contributed by atoms with van der Waals surface area (Å²) in [5.74, 6) is 0.240. The molecule has 8 heteroatoms. The zero-order valence-electron chi connectivity index (χ0n) is 13.0. The van der Waals surface area contributed by atoms with Crippen LogP contribution >= 0.6 is 23.7 Å². The lowest BCUT2D eigenvalue weighted by Gasteiger charge is -2.13. The third kappa shape index (κ3) is 4.31. The number of aliphatic hydroxyl groups is 1. The van der Waals surface area contributed by atoms with Crippen LogP contribution in [0.25, 0.3) is 10.4 Å². The van der Waals surface area contributed by atoms with Crippen LogP contribution in [0.5, 0.6) is 0 Å². The number of nitro benzene ring substituents is 1. The first-order chi connectivity index (χ1) is 11.1. The Kier molecular flexibility index (Phi) is 6.70. The Hall–Kier alpha value is -1.51. The van der Waals surface area contributed by atoms with E-state index in [2.05, 4.69) is 10.6 Å². The smallest absolute Gasteiger partial charge is 0.278 e. The van der Waals surface area contributed by atoms with Gasteiger partial charge in [-0.15, -0.1) is 23.7 Å². The highest BCUT2D eigenvalue weighted by Gasteiger charge is 2.24. The number of nitrogens with zero attached hydrogens (tertiary/aromatic N) is 1. The zero-order valence-corrected chi connectivity index (χ0v) is 14.6. The van der Waals surface area contributed by atoms with Gasteiger partial charge < -0.3 is 15.7 Å². The molecule has 1 fully saturated rings. The monoisotopic (exact) mass is 369 g/mol. The first kappa shape index (κ1) is 18.8. The molecule has 2 heterocycles. The molecule has 0 radical (unpaired) electrons. The van der Waals surface area contributed by atoms with Gasteiger partial charge in [0, 0.05) is 47.9 Å². The van der Waals surface area contributed by atoms with Crippen LogP contribution in [0.15, 0.2) is 36.4 Å². The van der Waals surface area contributed by atoms with Gasteiger partial charge in [-0.2, -0.15) is 0 Å². The van der Waals surface area contributed by atoms with Crippen molar-refractivity contribution in [3.05, 3.63) is 51.4 Å². The van der Waals surface area contributed by atoms with Crippen molar-refractivity contribution in [2.24, 2.45) is 5.92 Å². The van der Waals surface area contributed by atoms with E-state index in [0.717, 1.165) is 22.8 Å². The number of benzene rings is 1. The van der Waals surface area contributed by atoms with Gasteiger partial charge in [0.15, 0.2) is 0 Å². The maximum absolute atomic E-state index is 11.1. The molecule has 2 aromatic rings. The Morgan fingerprint density at radius 2 is 2.08 bits per heavy atom. The van der Waals surface area contributed by atoms with Crippen molar-refractivity contribution in [2.75, 3.05) is 19.6 Å². The lowest BCUT2D eigenvalue weighted by Crippen LogP contribution is -2.29. The van der Waals surface area contributed by atoms with Crippen molar-refractivity contribution < 1.29 is 10.0 Å². The van der Waals surface area contributed by atoms with Crippen molar-refractivity contribution in [2.45, 2.75) is 12.6 Å². The second-order valence-electron chi connectivity index (χ2n) is 5.66. The predicted molar refractivity (Wildman–Crippen MR) is 97.7 cm³/mol. The minimum Gasteiger partial charge on any atom is -0.391 e. The van der Waals surface area contributed by atoms with Crippen molar-refractivity contribution in [1.82, 2.24) is 10.6 Å². The Morgan fingerprint density at radius 1 is 1.29 bits per heavy atom. The van der Waals surface area contributed by atoms with Crippen LogP contribution in [-0.4, -0.2) is 35.8 Å². The van der Waals surface area contributed by atoms with Gasteiger partial charge in [-0.25, -0.2) is 0 Å². The van der Waals surface area contributed by atoms with E-state index in [9.17, 15) is 15.2 Å². The van der Waals surface area contributed by atoms with Gasteiger partial charge in [0.05, 0.1) is 16.6 Å². The number of para-hydroxylation sites is 1. The van der Waals surface area contributed by atoms with E-state index in [4.69, 9.17) is 0 Å². The predicted octanol–water partition coefficient (Wildman–Crippen LogP) is 2.42. The average molecular weight is 370 g/mol. The minimum atomic E-state index is -0.346. The SMILES string of the molecule is Cl.O=[N+]([O-])c1ccccc1-c1ccc(CNCC2CNCC2O)s1. The van der Waals surface area contributed by atoms with E-state index in [1.54, 1.807) is 23.5 Å².